The molecular formula is C43H54O15. The summed E-state index contributed by atoms with van der Waals surface area (Å²) in [5.74, 6) is 1.61. The number of hydrogen-bond acceptors (Lipinski definition) is 15. The van der Waals surface area contributed by atoms with Crippen LogP contribution in [0.3, 0.4) is 0 Å². The Kier molecular flexibility index (Phi) is 21.1. The quantitative estimate of drug-likeness (QED) is 0.0228. The Hall–Kier alpha value is -4.36. The second kappa shape index (κ2) is 27.4. The van der Waals surface area contributed by atoms with E-state index in [0.29, 0.717) is 58.6 Å². The minimum absolute atomic E-state index is 0.0975. The SMILES string of the molecule is COc1ccc(COCCOOOc2cc(C3OC3OC)cc(OCCOCCOOCc3ccccc3)c2OCCOCCOCCOCc2ccccc2)cc1. The molecule has 0 aromatic heterocycles. The molecule has 15 heteroatoms. The largest absolute Gasteiger partial charge is 0.497 e. The molecule has 0 aliphatic carbocycles. The average molecular weight is 811 g/mol. The van der Waals surface area contributed by atoms with E-state index in [1.54, 1.807) is 26.4 Å². The Morgan fingerprint density at radius 2 is 1.02 bits per heavy atom. The minimum atomic E-state index is -0.411. The van der Waals surface area contributed by atoms with E-state index in [2.05, 4.69) is 0 Å². The van der Waals surface area contributed by atoms with Crippen molar-refractivity contribution in [3.05, 3.63) is 119 Å². The predicted octanol–water partition coefficient (Wildman–Crippen LogP) is 6.37. The van der Waals surface area contributed by atoms with Gasteiger partial charge in [0.1, 0.15) is 44.9 Å². The number of methoxy groups -OCH3 is 2. The molecule has 0 saturated carbocycles. The third-order valence-corrected chi connectivity index (χ3v) is 8.24. The molecule has 1 fully saturated rings. The Balaban J connectivity index is 1.07. The first-order valence-corrected chi connectivity index (χ1v) is 19.2. The van der Waals surface area contributed by atoms with Crippen molar-refractivity contribution in [2.24, 2.45) is 0 Å². The number of rotatable bonds is 33. The third-order valence-electron chi connectivity index (χ3n) is 8.24. The van der Waals surface area contributed by atoms with Gasteiger partial charge in [-0.05, 0) is 51.6 Å². The lowest BCUT2D eigenvalue weighted by Crippen LogP contribution is -2.15. The molecule has 4 aromatic rings. The van der Waals surface area contributed by atoms with Gasteiger partial charge in [-0.25, -0.2) is 9.78 Å². The van der Waals surface area contributed by atoms with Gasteiger partial charge >= 0.3 is 0 Å². The molecule has 15 nitrogen and oxygen atoms in total. The Morgan fingerprint density at radius 3 is 1.66 bits per heavy atom. The summed E-state index contributed by atoms with van der Waals surface area (Å²) in [4.78, 5) is 21.4. The second-order valence-electron chi connectivity index (χ2n) is 12.5. The van der Waals surface area contributed by atoms with Crippen molar-refractivity contribution < 1.29 is 72.0 Å². The van der Waals surface area contributed by atoms with Gasteiger partial charge in [-0.2, -0.15) is 4.89 Å². The fourth-order valence-corrected chi connectivity index (χ4v) is 5.24. The molecule has 0 amide bonds. The van der Waals surface area contributed by atoms with Crippen LogP contribution in [-0.2, 0) is 72.7 Å². The molecule has 0 spiro atoms. The molecule has 316 valence electrons. The van der Waals surface area contributed by atoms with E-state index in [1.807, 2.05) is 84.9 Å². The van der Waals surface area contributed by atoms with E-state index in [9.17, 15) is 0 Å². The van der Waals surface area contributed by atoms with Crippen LogP contribution in [0, 0.1) is 0 Å². The molecule has 58 heavy (non-hydrogen) atoms. The zero-order chi connectivity index (χ0) is 40.3. The maximum absolute atomic E-state index is 6.14. The van der Waals surface area contributed by atoms with Gasteiger partial charge in [0.15, 0.2) is 12.0 Å². The van der Waals surface area contributed by atoms with Gasteiger partial charge in [0.05, 0.1) is 73.2 Å². The van der Waals surface area contributed by atoms with Gasteiger partial charge in [-0.3, -0.25) is 0 Å². The van der Waals surface area contributed by atoms with Crippen LogP contribution in [0.4, 0.5) is 0 Å². The maximum Gasteiger partial charge on any atom is 0.214 e. The van der Waals surface area contributed by atoms with Crippen molar-refractivity contribution in [3.63, 3.8) is 0 Å². The lowest BCUT2D eigenvalue weighted by atomic mass is 10.1. The van der Waals surface area contributed by atoms with Crippen molar-refractivity contribution in [3.8, 4) is 23.0 Å². The first-order valence-electron chi connectivity index (χ1n) is 19.2. The molecule has 4 aromatic carbocycles. The summed E-state index contributed by atoms with van der Waals surface area (Å²) in [7, 11) is 3.20. The molecule has 0 N–H and O–H groups in total. The van der Waals surface area contributed by atoms with Gasteiger partial charge in [0.25, 0.3) is 0 Å². The van der Waals surface area contributed by atoms with Crippen LogP contribution in [0.5, 0.6) is 23.0 Å². The van der Waals surface area contributed by atoms with Gasteiger partial charge in [-0.15, -0.1) is 0 Å². The smallest absolute Gasteiger partial charge is 0.214 e. The van der Waals surface area contributed by atoms with Crippen molar-refractivity contribution in [1.82, 2.24) is 0 Å². The van der Waals surface area contributed by atoms with E-state index in [-0.39, 0.29) is 63.9 Å². The van der Waals surface area contributed by atoms with Gasteiger partial charge in [0.2, 0.25) is 11.5 Å². The van der Waals surface area contributed by atoms with Crippen molar-refractivity contribution >= 4 is 0 Å². The van der Waals surface area contributed by atoms with Crippen LogP contribution in [0.15, 0.2) is 97.1 Å². The van der Waals surface area contributed by atoms with E-state index in [4.69, 9.17) is 72.0 Å². The highest BCUT2D eigenvalue weighted by molar-refractivity contribution is 5.54. The molecule has 1 heterocycles. The highest BCUT2D eigenvalue weighted by atomic mass is 17.5. The van der Waals surface area contributed by atoms with Crippen LogP contribution in [0.1, 0.15) is 28.4 Å². The predicted molar refractivity (Wildman–Crippen MR) is 208 cm³/mol. The van der Waals surface area contributed by atoms with E-state index < -0.39 is 6.29 Å². The number of hydrogen-bond donors (Lipinski definition) is 0. The molecule has 0 radical (unpaired) electrons. The Labute approximate surface area is 339 Å². The van der Waals surface area contributed by atoms with Gasteiger partial charge in [-0.1, -0.05) is 72.8 Å². The van der Waals surface area contributed by atoms with Gasteiger partial charge in [0, 0.05) is 7.11 Å². The summed E-state index contributed by atoms with van der Waals surface area (Å²) < 4.78 is 56.9. The summed E-state index contributed by atoms with van der Waals surface area (Å²) >= 11 is 0. The molecule has 1 aliphatic heterocycles. The Morgan fingerprint density at radius 1 is 0.483 bits per heavy atom. The number of ether oxygens (including phenoxy) is 10. The lowest BCUT2D eigenvalue weighted by molar-refractivity contribution is -0.467. The van der Waals surface area contributed by atoms with Crippen LogP contribution in [0.25, 0.3) is 0 Å². The first kappa shape index (κ1) is 44.7. The second-order valence-corrected chi connectivity index (χ2v) is 12.5. The molecule has 1 saturated heterocycles. The van der Waals surface area contributed by atoms with E-state index in [0.717, 1.165) is 28.0 Å². The molecular weight excluding hydrogens is 756 g/mol. The molecule has 2 unspecified atom stereocenters. The monoisotopic (exact) mass is 810 g/mol. The van der Waals surface area contributed by atoms with E-state index >= 15 is 0 Å². The molecule has 2 atom stereocenters. The van der Waals surface area contributed by atoms with Gasteiger partial charge < -0.3 is 52.3 Å². The highest BCUT2D eigenvalue weighted by Gasteiger charge is 2.42. The summed E-state index contributed by atoms with van der Waals surface area (Å²) in [6.45, 7) is 4.82. The zero-order valence-electron chi connectivity index (χ0n) is 33.1. The summed E-state index contributed by atoms with van der Waals surface area (Å²) in [5.41, 5.74) is 3.85. The maximum atomic E-state index is 6.14. The highest BCUT2D eigenvalue weighted by Crippen LogP contribution is 2.46. The third kappa shape index (κ3) is 17.2. The number of benzene rings is 4. The average Bonchev–Trinajstić information content (AvgIpc) is 4.06. The van der Waals surface area contributed by atoms with E-state index in [1.165, 1.54) is 0 Å². The van der Waals surface area contributed by atoms with Crippen LogP contribution >= 0.6 is 0 Å². The van der Waals surface area contributed by atoms with Crippen molar-refractivity contribution in [2.45, 2.75) is 32.2 Å². The van der Waals surface area contributed by atoms with Crippen molar-refractivity contribution in [1.29, 1.82) is 0 Å². The minimum Gasteiger partial charge on any atom is -0.497 e. The molecule has 0 bridgehead atoms. The standard InChI is InChI=1S/C43H54O15/c1-44-38-15-13-36(14-16-38)32-50-24-28-54-58-57-40-30-37(41-43(45-2)56-41)29-39(51-25-21-48-23-27-53-55-33-35-11-7-4-8-12-35)42(40)52-26-22-47-18-17-46-19-20-49-31-34-9-5-3-6-10-34/h3-16,29-30,41,43H,17-28,31-33H2,1-2H3. The number of epoxide rings is 1. The zero-order valence-corrected chi connectivity index (χ0v) is 33.1. The normalized spacial score (nSPS) is 14.7. The summed E-state index contributed by atoms with van der Waals surface area (Å²) in [6, 6.07) is 30.9. The fourth-order valence-electron chi connectivity index (χ4n) is 5.24. The van der Waals surface area contributed by atoms with Crippen LogP contribution < -0.4 is 19.1 Å². The topological polar surface area (TPSA) is 142 Å². The molecule has 5 rings (SSSR count). The first-order chi connectivity index (χ1) is 28.7. The van der Waals surface area contributed by atoms with Crippen LogP contribution in [0.2, 0.25) is 0 Å². The summed E-state index contributed by atoms with van der Waals surface area (Å²) in [5, 5.41) is 5.14. The fraction of sp³-hybridized carbons (Fsp3) is 0.442. The molecule has 1 aliphatic rings. The van der Waals surface area contributed by atoms with Crippen molar-refractivity contribution in [2.75, 3.05) is 93.5 Å². The van der Waals surface area contributed by atoms with Crippen LogP contribution in [-0.4, -0.2) is 99.8 Å². The lowest BCUT2D eigenvalue weighted by Gasteiger charge is -2.17. The Bertz CT molecular complexity index is 1650. The summed E-state index contributed by atoms with van der Waals surface area (Å²) in [6.07, 6.45) is -0.752.